The number of aromatic nitrogens is 6. The van der Waals surface area contributed by atoms with Gasteiger partial charge in [0.2, 0.25) is 17.8 Å². The summed E-state index contributed by atoms with van der Waals surface area (Å²) in [5.74, 6) is 1.22. The second kappa shape index (κ2) is 21.8. The first-order valence-electron chi connectivity index (χ1n) is 26.7. The molecule has 0 saturated carbocycles. The molecular weight excluding hydrogens is 1010 g/mol. The van der Waals surface area contributed by atoms with Crippen LogP contribution in [-0.4, -0.2) is 136 Å². The number of nitrogens with zero attached hydrogens (tertiary/aromatic N) is 10. The molecule has 20 heteroatoms. The Balaban J connectivity index is 0.715. The molecule has 4 aromatic carbocycles. The SMILES string of the molecule is COc1cc(N2CCC(N3CCN(CC4CCN(c5cccc6c5n(C)c(=O)n6C5CCC(=O)NC5=O)CC4)CC3)CC2)c(-c2cnn(C)c2)cc1Nc1ncc(Cl)c(Nc2ccc(-c3ccccc3)cc2P(C)(C)=O)n1. The number of rotatable bonds is 14. The lowest BCUT2D eigenvalue weighted by molar-refractivity contribution is -0.135. The van der Waals surface area contributed by atoms with Gasteiger partial charge in [0.05, 0.1) is 47.6 Å². The van der Waals surface area contributed by atoms with Crippen LogP contribution >= 0.6 is 18.7 Å². The Hall–Kier alpha value is -6.98. The molecular formula is C57H67ClN13O5P. The second-order valence-corrected chi connectivity index (χ2v) is 25.0. The van der Waals surface area contributed by atoms with Crippen LogP contribution in [0.1, 0.15) is 44.6 Å². The molecule has 77 heavy (non-hydrogen) atoms. The normalized spacial score (nSPS) is 18.5. The largest absolute Gasteiger partial charge is 0.494 e. The molecule has 11 rings (SSSR count). The van der Waals surface area contributed by atoms with Crippen LogP contribution in [-0.2, 0) is 28.2 Å². The quantitative estimate of drug-likeness (QED) is 0.0703. The third-order valence-electron chi connectivity index (χ3n) is 16.1. The zero-order chi connectivity index (χ0) is 53.5. The van der Waals surface area contributed by atoms with E-state index in [1.54, 1.807) is 42.8 Å². The van der Waals surface area contributed by atoms with Crippen LogP contribution < -0.4 is 41.5 Å². The average Bonchev–Trinajstić information content (AvgIpc) is 4.05. The molecule has 4 aliphatic heterocycles. The first-order chi connectivity index (χ1) is 37.2. The summed E-state index contributed by atoms with van der Waals surface area (Å²) >= 11 is 6.73. The first kappa shape index (κ1) is 52.1. The molecule has 18 nitrogen and oxygen atoms in total. The van der Waals surface area contributed by atoms with E-state index in [0.29, 0.717) is 57.6 Å². The summed E-state index contributed by atoms with van der Waals surface area (Å²) in [4.78, 5) is 57.9. The number of nitrogens with one attached hydrogen (secondary N) is 3. The number of imidazole rings is 1. The van der Waals surface area contributed by atoms with Gasteiger partial charge < -0.3 is 34.6 Å². The summed E-state index contributed by atoms with van der Waals surface area (Å²) in [7, 11) is 2.64. The minimum absolute atomic E-state index is 0.217. The molecule has 0 aliphatic carbocycles. The Bertz CT molecular complexity index is 3440. The lowest BCUT2D eigenvalue weighted by atomic mass is 9.95. The van der Waals surface area contributed by atoms with E-state index in [-0.39, 0.29) is 18.0 Å². The summed E-state index contributed by atoms with van der Waals surface area (Å²) < 4.78 is 24.8. The van der Waals surface area contributed by atoms with Gasteiger partial charge in [0.25, 0.3) is 0 Å². The number of hydrogen-bond acceptors (Lipinski definition) is 14. The third kappa shape index (κ3) is 10.9. The fourth-order valence-corrected chi connectivity index (χ4v) is 13.3. The number of amides is 2. The standard InChI is InChI=1S/C57H67ClN13O5P/c1-65-36-40(33-60-65)42-31-45(62-56-59-34-43(58)54(64-56)61-44-15-14-39(30-51(44)77(4,5)75)38-10-7-6-8-11-38)50(76-3)32-49(42)70-24-20-41(21-25-70)68-28-26-67(27-29-68)35-37-18-22-69(23-19-37)46-12-9-13-47-53(46)66(2)57(74)71(47)48-16-17-52(72)63-55(48)73/h6-15,30-34,36-37,41,48H,16-29,35H2,1-5H3,(H,63,72,73)(H2,59,61,62,64). The summed E-state index contributed by atoms with van der Waals surface area (Å²) in [5, 5.41) is 14.8. The molecule has 1 unspecified atom stereocenters. The molecule has 402 valence electrons. The van der Waals surface area contributed by atoms with Gasteiger partial charge in [0, 0.05) is 120 Å². The Kier molecular flexibility index (Phi) is 14.8. The molecule has 3 aromatic heterocycles. The molecule has 0 bridgehead atoms. The second-order valence-electron chi connectivity index (χ2n) is 21.4. The average molecular weight is 1080 g/mol. The first-order valence-corrected chi connectivity index (χ1v) is 29.7. The highest BCUT2D eigenvalue weighted by molar-refractivity contribution is 7.70. The molecule has 7 aromatic rings. The van der Waals surface area contributed by atoms with Crippen molar-refractivity contribution in [2.75, 3.05) is 99.8 Å². The fraction of sp³-hybridized carbons (Fsp3) is 0.404. The lowest BCUT2D eigenvalue weighted by Crippen LogP contribution is -2.54. The summed E-state index contributed by atoms with van der Waals surface area (Å²) in [6.45, 7) is 12.5. The molecule has 7 heterocycles. The molecule has 0 spiro atoms. The summed E-state index contributed by atoms with van der Waals surface area (Å²) in [6, 6.07) is 25.9. The Morgan fingerprint density at radius 3 is 2.21 bits per heavy atom. The van der Waals surface area contributed by atoms with Crippen molar-refractivity contribution in [1.29, 1.82) is 0 Å². The highest BCUT2D eigenvalue weighted by Gasteiger charge is 2.34. The predicted molar refractivity (Wildman–Crippen MR) is 307 cm³/mol. The molecule has 1 atom stereocenters. The minimum Gasteiger partial charge on any atom is -0.494 e. The van der Waals surface area contributed by atoms with Crippen molar-refractivity contribution in [1.82, 2.24) is 44.0 Å². The van der Waals surface area contributed by atoms with E-state index in [4.69, 9.17) is 21.3 Å². The number of anilines is 6. The maximum atomic E-state index is 13.7. The maximum absolute atomic E-state index is 13.7. The Labute approximate surface area is 453 Å². The predicted octanol–water partition coefficient (Wildman–Crippen LogP) is 8.08. The number of para-hydroxylation sites is 1. The third-order valence-corrected chi connectivity index (χ3v) is 17.9. The van der Waals surface area contributed by atoms with Gasteiger partial charge in [-0.1, -0.05) is 54.1 Å². The number of hydrogen-bond donors (Lipinski definition) is 3. The number of imide groups is 1. The van der Waals surface area contributed by atoms with Crippen molar-refractivity contribution in [3.63, 3.8) is 0 Å². The van der Waals surface area contributed by atoms with E-state index >= 15 is 0 Å². The number of ether oxygens (including phenoxy) is 1. The van der Waals surface area contributed by atoms with E-state index in [9.17, 15) is 18.9 Å². The highest BCUT2D eigenvalue weighted by Crippen LogP contribution is 2.43. The monoisotopic (exact) mass is 1080 g/mol. The van der Waals surface area contributed by atoms with Crippen LogP contribution in [0.15, 0.2) is 102 Å². The van der Waals surface area contributed by atoms with Gasteiger partial charge in [-0.2, -0.15) is 10.1 Å². The zero-order valence-electron chi connectivity index (χ0n) is 44.4. The van der Waals surface area contributed by atoms with Crippen LogP contribution in [0.2, 0.25) is 5.02 Å². The van der Waals surface area contributed by atoms with Gasteiger partial charge in [0.1, 0.15) is 24.0 Å². The van der Waals surface area contributed by atoms with Gasteiger partial charge in [-0.05, 0) is 92.8 Å². The summed E-state index contributed by atoms with van der Waals surface area (Å²) in [5.41, 5.74) is 8.78. The van der Waals surface area contributed by atoms with E-state index < -0.39 is 19.1 Å². The Morgan fingerprint density at radius 2 is 1.51 bits per heavy atom. The molecule has 0 radical (unpaired) electrons. The fourth-order valence-electron chi connectivity index (χ4n) is 12.0. The number of aryl methyl sites for hydroxylation is 2. The smallest absolute Gasteiger partial charge is 0.329 e. The van der Waals surface area contributed by atoms with Crippen LogP contribution in [0.25, 0.3) is 33.3 Å². The number of carbonyl (C=O) groups is 2. The van der Waals surface area contributed by atoms with Crippen molar-refractivity contribution in [3.05, 3.63) is 113 Å². The topological polar surface area (TPSA) is 180 Å². The van der Waals surface area contributed by atoms with Crippen LogP contribution in [0, 0.1) is 5.92 Å². The molecule has 2 amide bonds. The van der Waals surface area contributed by atoms with Crippen LogP contribution in [0.5, 0.6) is 5.75 Å². The highest BCUT2D eigenvalue weighted by atomic mass is 35.5. The van der Waals surface area contributed by atoms with Gasteiger partial charge in [-0.15, -0.1) is 0 Å². The molecule has 4 aliphatic rings. The number of fused-ring (bicyclic) bond motifs is 1. The minimum atomic E-state index is -2.74. The lowest BCUT2D eigenvalue weighted by Gasteiger charge is -2.44. The summed E-state index contributed by atoms with van der Waals surface area (Å²) in [6.07, 6.45) is 10.3. The number of halogens is 1. The molecule has 4 fully saturated rings. The van der Waals surface area contributed by atoms with Crippen LogP contribution in [0.3, 0.4) is 0 Å². The van der Waals surface area contributed by atoms with Gasteiger partial charge >= 0.3 is 5.69 Å². The maximum Gasteiger partial charge on any atom is 0.329 e. The van der Waals surface area contributed by atoms with Gasteiger partial charge in [-0.3, -0.25) is 33.6 Å². The van der Waals surface area contributed by atoms with Crippen molar-refractivity contribution in [2.45, 2.75) is 50.6 Å². The molecule has 3 N–H and O–H groups in total. The van der Waals surface area contributed by atoms with Crippen LogP contribution in [0.4, 0.5) is 34.5 Å². The van der Waals surface area contributed by atoms with Crippen molar-refractivity contribution in [2.24, 2.45) is 20.0 Å². The number of piperidine rings is 3. The van der Waals surface area contributed by atoms with E-state index in [0.717, 1.165) is 129 Å². The zero-order valence-corrected chi connectivity index (χ0v) is 46.1. The van der Waals surface area contributed by atoms with Crippen molar-refractivity contribution < 1.29 is 18.9 Å². The van der Waals surface area contributed by atoms with Crippen molar-refractivity contribution in [3.8, 4) is 28.0 Å². The van der Waals surface area contributed by atoms with E-state index in [2.05, 4.69) is 63.8 Å². The van der Waals surface area contributed by atoms with E-state index in [1.165, 1.54) is 0 Å². The number of carbonyl (C=O) groups excluding carboxylic acids is 2. The van der Waals surface area contributed by atoms with E-state index in [1.807, 2.05) is 84.8 Å². The number of methoxy groups -OCH3 is 1. The van der Waals surface area contributed by atoms with Gasteiger partial charge in [-0.25, -0.2) is 9.78 Å². The van der Waals surface area contributed by atoms with Gasteiger partial charge in [0.15, 0.2) is 5.82 Å². The Morgan fingerprint density at radius 1 is 0.766 bits per heavy atom. The van der Waals surface area contributed by atoms with Crippen molar-refractivity contribution >= 4 is 81.4 Å². The number of benzene rings is 4. The molecule has 4 saturated heterocycles. The number of piperazine rings is 1.